The second kappa shape index (κ2) is 7.51. The van der Waals surface area contributed by atoms with Gasteiger partial charge in [0, 0.05) is 23.8 Å². The Morgan fingerprint density at radius 3 is 2.50 bits per heavy atom. The maximum Gasteiger partial charge on any atom is 0.322 e. The van der Waals surface area contributed by atoms with E-state index in [-0.39, 0.29) is 22.4 Å². The van der Waals surface area contributed by atoms with E-state index in [4.69, 9.17) is 23.2 Å². The zero-order chi connectivity index (χ0) is 17.9. The first-order valence-corrected chi connectivity index (χ1v) is 7.79. The molecule has 1 unspecified atom stereocenters. The minimum absolute atomic E-state index is 0.00999. The zero-order valence-corrected chi connectivity index (χ0v) is 14.5. The zero-order valence-electron chi connectivity index (χ0n) is 13.0. The molecule has 8 heteroatoms. The summed E-state index contributed by atoms with van der Waals surface area (Å²) in [5.74, 6) is 0. The van der Waals surface area contributed by atoms with Gasteiger partial charge in [0.05, 0.1) is 11.0 Å². The van der Waals surface area contributed by atoms with Crippen molar-refractivity contribution in [1.29, 1.82) is 0 Å². The third kappa shape index (κ3) is 3.96. The highest BCUT2D eigenvalue weighted by Gasteiger charge is 2.20. The van der Waals surface area contributed by atoms with Gasteiger partial charge in [-0.15, -0.1) is 0 Å². The van der Waals surface area contributed by atoms with E-state index in [1.807, 2.05) is 25.1 Å². The molecule has 0 aliphatic rings. The van der Waals surface area contributed by atoms with Crippen molar-refractivity contribution in [3.63, 3.8) is 0 Å². The lowest BCUT2D eigenvalue weighted by molar-refractivity contribution is -0.384. The Kier molecular flexibility index (Phi) is 5.64. The van der Waals surface area contributed by atoms with Gasteiger partial charge in [0.1, 0.15) is 5.02 Å². The number of nitrogens with zero attached hydrogens (tertiary/aromatic N) is 2. The van der Waals surface area contributed by atoms with Gasteiger partial charge in [0.15, 0.2) is 0 Å². The summed E-state index contributed by atoms with van der Waals surface area (Å²) < 4.78 is 0. The summed E-state index contributed by atoms with van der Waals surface area (Å²) in [6, 6.07) is 10.6. The molecule has 126 valence electrons. The largest absolute Gasteiger partial charge is 0.322 e. The number of anilines is 1. The molecular formula is C16H15Cl2N3O3. The summed E-state index contributed by atoms with van der Waals surface area (Å²) in [6.45, 7) is 1.84. The summed E-state index contributed by atoms with van der Waals surface area (Å²) in [6.07, 6.45) is 0. The normalized spacial score (nSPS) is 11.7. The number of halogens is 2. The van der Waals surface area contributed by atoms with Crippen LogP contribution in [0.5, 0.6) is 0 Å². The van der Waals surface area contributed by atoms with Crippen LogP contribution < -0.4 is 5.32 Å². The van der Waals surface area contributed by atoms with E-state index in [0.717, 1.165) is 5.56 Å². The molecule has 6 nitrogen and oxygen atoms in total. The molecule has 0 aliphatic carbocycles. The Balaban J connectivity index is 2.16. The van der Waals surface area contributed by atoms with Gasteiger partial charge in [-0.2, -0.15) is 0 Å². The third-order valence-corrected chi connectivity index (χ3v) is 4.31. The van der Waals surface area contributed by atoms with Gasteiger partial charge in [-0.3, -0.25) is 10.1 Å². The highest BCUT2D eigenvalue weighted by molar-refractivity contribution is 6.32. The molecule has 0 aliphatic heterocycles. The summed E-state index contributed by atoms with van der Waals surface area (Å²) in [4.78, 5) is 24.1. The number of hydrogen-bond donors (Lipinski definition) is 1. The smallest absolute Gasteiger partial charge is 0.321 e. The first kappa shape index (κ1) is 18.0. The second-order valence-corrected chi connectivity index (χ2v) is 5.98. The van der Waals surface area contributed by atoms with Crippen LogP contribution in [-0.4, -0.2) is 22.9 Å². The first-order chi connectivity index (χ1) is 11.3. The van der Waals surface area contributed by atoms with Crippen LogP contribution in [0, 0.1) is 10.1 Å². The maximum absolute atomic E-state index is 12.4. The standard InChI is InChI=1S/C16H15Cl2N3O3/c1-10(12-5-3-4-6-13(12)17)20(2)16(22)19-11-7-8-14(18)15(9-11)21(23)24/h3-10H,1-2H3,(H,19,22). The van der Waals surface area contributed by atoms with Gasteiger partial charge in [-0.1, -0.05) is 41.4 Å². The van der Waals surface area contributed by atoms with Crippen LogP contribution in [0.4, 0.5) is 16.2 Å². The third-order valence-electron chi connectivity index (χ3n) is 3.65. The van der Waals surface area contributed by atoms with Crippen molar-refractivity contribution in [1.82, 2.24) is 4.90 Å². The number of rotatable bonds is 4. The van der Waals surface area contributed by atoms with Crippen LogP contribution in [0.3, 0.4) is 0 Å². The van der Waals surface area contributed by atoms with Gasteiger partial charge < -0.3 is 10.2 Å². The van der Waals surface area contributed by atoms with Crippen LogP contribution in [0.25, 0.3) is 0 Å². The monoisotopic (exact) mass is 367 g/mol. The van der Waals surface area contributed by atoms with Crippen LogP contribution in [0.15, 0.2) is 42.5 Å². The minimum Gasteiger partial charge on any atom is -0.321 e. The summed E-state index contributed by atoms with van der Waals surface area (Å²) in [5, 5.41) is 14.1. The molecule has 1 N–H and O–H groups in total. The molecule has 24 heavy (non-hydrogen) atoms. The molecule has 0 fully saturated rings. The van der Waals surface area contributed by atoms with Gasteiger partial charge in [0.25, 0.3) is 5.69 Å². The molecule has 0 saturated carbocycles. The van der Waals surface area contributed by atoms with E-state index in [9.17, 15) is 14.9 Å². The van der Waals surface area contributed by atoms with Gasteiger partial charge in [-0.05, 0) is 30.7 Å². The van der Waals surface area contributed by atoms with Crippen molar-refractivity contribution in [2.45, 2.75) is 13.0 Å². The van der Waals surface area contributed by atoms with Crippen LogP contribution in [-0.2, 0) is 0 Å². The summed E-state index contributed by atoms with van der Waals surface area (Å²) in [5.41, 5.74) is 0.824. The molecule has 2 rings (SSSR count). The fourth-order valence-electron chi connectivity index (χ4n) is 2.14. The lowest BCUT2D eigenvalue weighted by Crippen LogP contribution is -2.33. The predicted octanol–water partition coefficient (Wildman–Crippen LogP) is 5.13. The molecule has 0 spiro atoms. The lowest BCUT2D eigenvalue weighted by atomic mass is 10.1. The molecule has 1 atom stereocenters. The van der Waals surface area contributed by atoms with E-state index in [2.05, 4.69) is 5.32 Å². The van der Waals surface area contributed by atoms with E-state index in [1.165, 1.54) is 23.1 Å². The number of benzene rings is 2. The highest BCUT2D eigenvalue weighted by atomic mass is 35.5. The van der Waals surface area contributed by atoms with Gasteiger partial charge in [-0.25, -0.2) is 4.79 Å². The van der Waals surface area contributed by atoms with Gasteiger partial charge in [0.2, 0.25) is 0 Å². The predicted molar refractivity (Wildman–Crippen MR) is 94.8 cm³/mol. The fraction of sp³-hybridized carbons (Fsp3) is 0.188. The number of urea groups is 1. The van der Waals surface area contributed by atoms with Crippen LogP contribution >= 0.6 is 23.2 Å². The molecule has 0 saturated heterocycles. The summed E-state index contributed by atoms with van der Waals surface area (Å²) >= 11 is 11.9. The molecule has 2 aromatic carbocycles. The maximum atomic E-state index is 12.4. The molecule has 2 aromatic rings. The Labute approximate surface area is 149 Å². The quantitative estimate of drug-likeness (QED) is 0.601. The van der Waals surface area contributed by atoms with Crippen molar-refractivity contribution < 1.29 is 9.72 Å². The van der Waals surface area contributed by atoms with Crippen LogP contribution in [0.1, 0.15) is 18.5 Å². The van der Waals surface area contributed by atoms with Crippen molar-refractivity contribution in [2.75, 3.05) is 12.4 Å². The second-order valence-electron chi connectivity index (χ2n) is 5.16. The van der Waals surface area contributed by atoms with E-state index in [1.54, 1.807) is 13.1 Å². The Hall–Kier alpha value is -2.31. The number of nitro benzene ring substituents is 1. The van der Waals surface area contributed by atoms with Crippen LogP contribution in [0.2, 0.25) is 10.0 Å². The van der Waals surface area contributed by atoms with Crippen molar-refractivity contribution in [3.8, 4) is 0 Å². The van der Waals surface area contributed by atoms with E-state index >= 15 is 0 Å². The summed E-state index contributed by atoms with van der Waals surface area (Å²) in [7, 11) is 1.62. The number of nitrogens with one attached hydrogen (secondary N) is 1. The Bertz CT molecular complexity index is 783. The molecular weight excluding hydrogens is 353 g/mol. The average molecular weight is 368 g/mol. The van der Waals surface area contributed by atoms with E-state index in [0.29, 0.717) is 5.02 Å². The number of carbonyl (C=O) groups is 1. The topological polar surface area (TPSA) is 75.5 Å². The molecule has 0 heterocycles. The van der Waals surface area contributed by atoms with Crippen molar-refractivity contribution in [3.05, 3.63) is 68.2 Å². The Morgan fingerprint density at radius 1 is 1.21 bits per heavy atom. The fourth-order valence-corrected chi connectivity index (χ4v) is 2.62. The SMILES string of the molecule is CC(c1ccccc1Cl)N(C)C(=O)Nc1ccc(Cl)c([N+](=O)[O-])c1. The number of carbonyl (C=O) groups excluding carboxylic acids is 1. The highest BCUT2D eigenvalue weighted by Crippen LogP contribution is 2.29. The van der Waals surface area contributed by atoms with E-state index < -0.39 is 11.0 Å². The average Bonchev–Trinajstić information content (AvgIpc) is 2.55. The molecule has 0 aromatic heterocycles. The number of amides is 2. The number of hydrogen-bond acceptors (Lipinski definition) is 3. The van der Waals surface area contributed by atoms with Crippen molar-refractivity contribution in [2.24, 2.45) is 0 Å². The minimum atomic E-state index is -0.603. The van der Waals surface area contributed by atoms with Gasteiger partial charge >= 0.3 is 6.03 Å². The lowest BCUT2D eigenvalue weighted by Gasteiger charge is -2.26. The molecule has 2 amide bonds. The Morgan fingerprint density at radius 2 is 1.88 bits per heavy atom. The molecule has 0 bridgehead atoms. The first-order valence-electron chi connectivity index (χ1n) is 7.03. The molecule has 0 radical (unpaired) electrons. The van der Waals surface area contributed by atoms with Crippen molar-refractivity contribution >= 4 is 40.6 Å². The number of nitro groups is 1.